The summed E-state index contributed by atoms with van der Waals surface area (Å²) in [5.74, 6) is 0.146. The highest BCUT2D eigenvalue weighted by Gasteiger charge is 2.05. The van der Waals surface area contributed by atoms with Gasteiger partial charge < -0.3 is 14.8 Å². The summed E-state index contributed by atoms with van der Waals surface area (Å²) in [6.45, 7) is 0.421. The highest BCUT2D eigenvalue weighted by atomic mass is 16.6. The molecule has 0 aliphatic rings. The number of nitro benzene ring substituents is 1. The molecule has 0 radical (unpaired) electrons. The van der Waals surface area contributed by atoms with Gasteiger partial charge in [0.15, 0.2) is 6.61 Å². The van der Waals surface area contributed by atoms with Crippen molar-refractivity contribution in [1.29, 1.82) is 0 Å². The number of benzene rings is 2. The van der Waals surface area contributed by atoms with Crippen LogP contribution in [0.1, 0.15) is 0 Å². The Labute approximate surface area is 133 Å². The number of anilines is 1. The summed E-state index contributed by atoms with van der Waals surface area (Å²) in [6, 6.07) is 15.0. The summed E-state index contributed by atoms with van der Waals surface area (Å²) < 4.78 is 10.3. The fourth-order valence-corrected chi connectivity index (χ4v) is 1.76. The fourth-order valence-electron chi connectivity index (χ4n) is 1.76. The molecule has 23 heavy (non-hydrogen) atoms. The van der Waals surface area contributed by atoms with Crippen molar-refractivity contribution in [2.75, 3.05) is 25.1 Å². The number of non-ortho nitro benzene ring substituents is 1. The molecule has 0 amide bonds. The summed E-state index contributed by atoms with van der Waals surface area (Å²) >= 11 is 0. The van der Waals surface area contributed by atoms with E-state index in [-0.39, 0.29) is 18.9 Å². The maximum atomic E-state index is 11.5. The smallest absolute Gasteiger partial charge is 0.344 e. The van der Waals surface area contributed by atoms with Gasteiger partial charge in [-0.2, -0.15) is 0 Å². The number of nitrogens with one attached hydrogen (secondary N) is 1. The van der Waals surface area contributed by atoms with Gasteiger partial charge in [-0.25, -0.2) is 4.79 Å². The molecule has 0 fully saturated rings. The first kappa shape index (κ1) is 16.3. The van der Waals surface area contributed by atoms with Gasteiger partial charge in [-0.3, -0.25) is 10.1 Å². The van der Waals surface area contributed by atoms with Crippen molar-refractivity contribution >= 4 is 17.3 Å². The second-order valence-corrected chi connectivity index (χ2v) is 4.55. The summed E-state index contributed by atoms with van der Waals surface area (Å²) in [4.78, 5) is 21.6. The van der Waals surface area contributed by atoms with E-state index in [1.165, 1.54) is 12.1 Å². The van der Waals surface area contributed by atoms with E-state index in [1.807, 2.05) is 18.2 Å². The molecule has 0 aromatic heterocycles. The van der Waals surface area contributed by atoms with Crippen LogP contribution in [0, 0.1) is 10.1 Å². The number of esters is 1. The monoisotopic (exact) mass is 316 g/mol. The Hall–Kier alpha value is -3.09. The highest BCUT2D eigenvalue weighted by Crippen LogP contribution is 2.15. The van der Waals surface area contributed by atoms with Crippen LogP contribution in [0.4, 0.5) is 11.4 Å². The van der Waals surface area contributed by atoms with E-state index in [0.29, 0.717) is 18.0 Å². The summed E-state index contributed by atoms with van der Waals surface area (Å²) in [5.41, 5.74) is 0.743. The van der Waals surface area contributed by atoms with E-state index in [4.69, 9.17) is 9.47 Å². The molecule has 0 heterocycles. The lowest BCUT2D eigenvalue weighted by molar-refractivity contribution is -0.384. The molecule has 0 saturated heterocycles. The minimum Gasteiger partial charge on any atom is -0.482 e. The molecule has 7 nitrogen and oxygen atoms in total. The van der Waals surface area contributed by atoms with Crippen LogP contribution < -0.4 is 10.1 Å². The fraction of sp³-hybridized carbons (Fsp3) is 0.188. The summed E-state index contributed by atoms with van der Waals surface area (Å²) in [5, 5.41) is 13.5. The van der Waals surface area contributed by atoms with Crippen LogP contribution in [0.5, 0.6) is 5.75 Å². The minimum absolute atomic E-state index is 0.0278. The number of hydrogen-bond donors (Lipinski definition) is 1. The molecule has 0 bridgehead atoms. The summed E-state index contributed by atoms with van der Waals surface area (Å²) in [7, 11) is 0. The lowest BCUT2D eigenvalue weighted by atomic mass is 10.3. The molecule has 1 N–H and O–H groups in total. The van der Waals surface area contributed by atoms with Crippen molar-refractivity contribution in [3.8, 4) is 5.75 Å². The van der Waals surface area contributed by atoms with Gasteiger partial charge >= 0.3 is 5.97 Å². The molecule has 120 valence electrons. The molecule has 0 unspecified atom stereocenters. The van der Waals surface area contributed by atoms with E-state index >= 15 is 0 Å². The second-order valence-electron chi connectivity index (χ2n) is 4.55. The lowest BCUT2D eigenvalue weighted by Crippen LogP contribution is -2.19. The molecule has 0 spiro atoms. The SMILES string of the molecule is O=C(COc1ccccc1)OCCNc1ccc([N+](=O)[O-])cc1. The van der Waals surface area contributed by atoms with Gasteiger partial charge in [-0.1, -0.05) is 18.2 Å². The third-order valence-electron chi connectivity index (χ3n) is 2.87. The van der Waals surface area contributed by atoms with Crippen LogP contribution in [0.25, 0.3) is 0 Å². The van der Waals surface area contributed by atoms with E-state index in [2.05, 4.69) is 5.32 Å². The van der Waals surface area contributed by atoms with E-state index in [9.17, 15) is 14.9 Å². The predicted molar refractivity (Wildman–Crippen MR) is 84.5 cm³/mol. The van der Waals surface area contributed by atoms with Crippen LogP contribution in [0.15, 0.2) is 54.6 Å². The molecule has 7 heteroatoms. The maximum absolute atomic E-state index is 11.5. The first-order valence-electron chi connectivity index (χ1n) is 6.97. The van der Waals surface area contributed by atoms with Crippen LogP contribution in [-0.2, 0) is 9.53 Å². The number of carbonyl (C=O) groups is 1. The Kier molecular flexibility index (Phi) is 5.93. The summed E-state index contributed by atoms with van der Waals surface area (Å²) in [6.07, 6.45) is 0. The normalized spacial score (nSPS) is 9.91. The lowest BCUT2D eigenvalue weighted by Gasteiger charge is -2.08. The van der Waals surface area contributed by atoms with Crippen molar-refractivity contribution in [3.63, 3.8) is 0 Å². The molecule has 0 aliphatic heterocycles. The molecule has 2 aromatic rings. The van der Waals surface area contributed by atoms with E-state index in [0.717, 1.165) is 0 Å². The van der Waals surface area contributed by atoms with Crippen LogP contribution >= 0.6 is 0 Å². The first-order valence-corrected chi connectivity index (χ1v) is 6.97. The zero-order chi connectivity index (χ0) is 16.5. The molecule has 0 aliphatic carbocycles. The third-order valence-corrected chi connectivity index (χ3v) is 2.87. The number of nitrogens with zero attached hydrogens (tertiary/aromatic N) is 1. The predicted octanol–water partition coefficient (Wildman–Crippen LogP) is 2.63. The Bertz CT molecular complexity index is 643. The van der Waals surface area contributed by atoms with Gasteiger partial charge in [0.2, 0.25) is 0 Å². The molecule has 0 atom stereocenters. The van der Waals surface area contributed by atoms with Crippen molar-refractivity contribution in [2.24, 2.45) is 0 Å². The molecule has 2 aromatic carbocycles. The molecule has 0 saturated carbocycles. The van der Waals surface area contributed by atoms with Crippen LogP contribution in [0.2, 0.25) is 0 Å². The number of carbonyl (C=O) groups excluding carboxylic acids is 1. The number of para-hydroxylation sites is 1. The Morgan fingerprint density at radius 1 is 1.09 bits per heavy atom. The van der Waals surface area contributed by atoms with Crippen LogP contribution in [-0.4, -0.2) is 30.7 Å². The molecular formula is C16H16N2O5. The Balaban J connectivity index is 1.63. The Morgan fingerprint density at radius 3 is 2.43 bits per heavy atom. The van der Waals surface area contributed by atoms with Crippen molar-refractivity contribution in [2.45, 2.75) is 0 Å². The number of ether oxygens (including phenoxy) is 2. The van der Waals surface area contributed by atoms with Crippen molar-refractivity contribution in [3.05, 3.63) is 64.7 Å². The van der Waals surface area contributed by atoms with Gasteiger partial charge in [-0.05, 0) is 24.3 Å². The standard InChI is InChI=1S/C16H16N2O5/c19-16(12-23-15-4-2-1-3-5-15)22-11-10-17-13-6-8-14(9-7-13)18(20)21/h1-9,17H,10-12H2. The average molecular weight is 316 g/mol. The van der Waals surface area contributed by atoms with Crippen molar-refractivity contribution in [1.82, 2.24) is 0 Å². The maximum Gasteiger partial charge on any atom is 0.344 e. The van der Waals surface area contributed by atoms with E-state index < -0.39 is 10.9 Å². The van der Waals surface area contributed by atoms with Gasteiger partial charge in [0.25, 0.3) is 5.69 Å². The van der Waals surface area contributed by atoms with Gasteiger partial charge in [0.05, 0.1) is 4.92 Å². The van der Waals surface area contributed by atoms with Crippen LogP contribution in [0.3, 0.4) is 0 Å². The zero-order valence-electron chi connectivity index (χ0n) is 12.3. The average Bonchev–Trinajstić information content (AvgIpc) is 2.58. The minimum atomic E-state index is -0.460. The topological polar surface area (TPSA) is 90.7 Å². The van der Waals surface area contributed by atoms with Crippen molar-refractivity contribution < 1.29 is 19.2 Å². The zero-order valence-corrected chi connectivity index (χ0v) is 12.3. The quantitative estimate of drug-likeness (QED) is 0.348. The number of rotatable bonds is 8. The molecule has 2 rings (SSSR count). The van der Waals surface area contributed by atoms with E-state index in [1.54, 1.807) is 24.3 Å². The molecular weight excluding hydrogens is 300 g/mol. The highest BCUT2D eigenvalue weighted by molar-refractivity contribution is 5.71. The third kappa shape index (κ3) is 5.66. The Morgan fingerprint density at radius 2 is 1.78 bits per heavy atom. The first-order chi connectivity index (χ1) is 11.1. The second kappa shape index (κ2) is 8.38. The number of nitro groups is 1. The van der Waals surface area contributed by atoms with Gasteiger partial charge in [-0.15, -0.1) is 0 Å². The largest absolute Gasteiger partial charge is 0.482 e. The number of hydrogen-bond acceptors (Lipinski definition) is 6. The van der Waals surface area contributed by atoms with Gasteiger partial charge in [0.1, 0.15) is 12.4 Å². The van der Waals surface area contributed by atoms with Gasteiger partial charge in [0, 0.05) is 24.4 Å².